The van der Waals surface area contributed by atoms with Crippen molar-refractivity contribution >= 4 is 23.3 Å². The van der Waals surface area contributed by atoms with Gasteiger partial charge in [0.1, 0.15) is 6.54 Å². The van der Waals surface area contributed by atoms with Crippen molar-refractivity contribution in [3.63, 3.8) is 0 Å². The van der Waals surface area contributed by atoms with E-state index in [0.717, 1.165) is 4.90 Å². The lowest BCUT2D eigenvalue weighted by Gasteiger charge is -2.15. The van der Waals surface area contributed by atoms with Gasteiger partial charge in [0.05, 0.1) is 17.8 Å². The van der Waals surface area contributed by atoms with Crippen molar-refractivity contribution in [2.75, 3.05) is 18.0 Å². The Hall–Kier alpha value is -2.61. The third-order valence-electron chi connectivity index (χ3n) is 2.57. The standard InChI is InChI=1S/C13H10N2O3/c1-2-7-14-11(16)8-15-10-6-4-3-5-9(10)12(17)13(15)18/h1,3-6H,7-8H2,(H,14,16). The zero-order chi connectivity index (χ0) is 13.1. The molecule has 1 aliphatic rings. The monoisotopic (exact) mass is 242 g/mol. The summed E-state index contributed by atoms with van der Waals surface area (Å²) in [6.45, 7) is -0.111. The van der Waals surface area contributed by atoms with Gasteiger partial charge in [-0.3, -0.25) is 19.3 Å². The van der Waals surface area contributed by atoms with Crippen LogP contribution in [0.15, 0.2) is 24.3 Å². The number of anilines is 1. The van der Waals surface area contributed by atoms with Crippen molar-refractivity contribution in [2.45, 2.75) is 0 Å². The highest BCUT2D eigenvalue weighted by Crippen LogP contribution is 2.27. The first-order valence-electron chi connectivity index (χ1n) is 5.30. The normalized spacial score (nSPS) is 13.2. The number of Topliss-reactive ketones (excluding diaryl/α,β-unsaturated/α-hetero) is 1. The lowest BCUT2D eigenvalue weighted by Crippen LogP contribution is -2.40. The second kappa shape index (κ2) is 4.72. The number of fused-ring (bicyclic) bond motifs is 1. The molecule has 1 aliphatic heterocycles. The fraction of sp³-hybridized carbons (Fsp3) is 0.154. The summed E-state index contributed by atoms with van der Waals surface area (Å²) in [7, 11) is 0. The van der Waals surface area contributed by atoms with Crippen molar-refractivity contribution in [2.24, 2.45) is 0 Å². The molecule has 0 aromatic heterocycles. The highest BCUT2D eigenvalue weighted by atomic mass is 16.2. The molecule has 0 fully saturated rings. The number of hydrogen-bond acceptors (Lipinski definition) is 3. The number of carbonyl (C=O) groups excluding carboxylic acids is 3. The maximum absolute atomic E-state index is 11.7. The molecule has 0 bridgehead atoms. The lowest BCUT2D eigenvalue weighted by molar-refractivity contribution is -0.121. The zero-order valence-electron chi connectivity index (χ0n) is 9.47. The average Bonchev–Trinajstić information content (AvgIpc) is 2.62. The molecular weight excluding hydrogens is 232 g/mol. The van der Waals surface area contributed by atoms with Crippen molar-refractivity contribution < 1.29 is 14.4 Å². The summed E-state index contributed by atoms with van der Waals surface area (Å²) in [5, 5.41) is 2.45. The molecule has 1 aromatic rings. The number of ketones is 1. The number of terminal acetylenes is 1. The number of benzene rings is 1. The number of nitrogens with one attached hydrogen (secondary N) is 1. The van der Waals surface area contributed by atoms with Gasteiger partial charge in [0.25, 0.3) is 11.7 Å². The molecule has 0 saturated heterocycles. The second-order valence-electron chi connectivity index (χ2n) is 3.72. The van der Waals surface area contributed by atoms with Crippen LogP contribution in [-0.4, -0.2) is 30.7 Å². The Morgan fingerprint density at radius 3 is 2.78 bits per heavy atom. The summed E-state index contributed by atoms with van der Waals surface area (Å²) in [5.74, 6) is 0.587. The molecule has 0 atom stereocenters. The molecule has 0 spiro atoms. The number of rotatable bonds is 3. The van der Waals surface area contributed by atoms with Crippen LogP contribution in [0.5, 0.6) is 0 Å². The van der Waals surface area contributed by atoms with Gasteiger partial charge >= 0.3 is 0 Å². The van der Waals surface area contributed by atoms with E-state index in [1.165, 1.54) is 0 Å². The van der Waals surface area contributed by atoms with Gasteiger partial charge in [0, 0.05) is 0 Å². The first-order valence-corrected chi connectivity index (χ1v) is 5.30. The second-order valence-corrected chi connectivity index (χ2v) is 3.72. The molecule has 1 N–H and O–H groups in total. The molecule has 5 heteroatoms. The number of hydrogen-bond donors (Lipinski definition) is 1. The molecule has 5 nitrogen and oxygen atoms in total. The summed E-state index contributed by atoms with van der Waals surface area (Å²) in [6, 6.07) is 6.57. The quantitative estimate of drug-likeness (QED) is 0.597. The smallest absolute Gasteiger partial charge is 0.299 e. The van der Waals surface area contributed by atoms with Crippen LogP contribution in [0.1, 0.15) is 10.4 Å². The molecule has 18 heavy (non-hydrogen) atoms. The van der Waals surface area contributed by atoms with E-state index in [1.807, 2.05) is 0 Å². The minimum absolute atomic E-state index is 0.0937. The van der Waals surface area contributed by atoms with Crippen LogP contribution in [-0.2, 0) is 9.59 Å². The van der Waals surface area contributed by atoms with Crippen molar-refractivity contribution in [3.05, 3.63) is 29.8 Å². The van der Waals surface area contributed by atoms with Crippen molar-refractivity contribution in [3.8, 4) is 12.3 Å². The Morgan fingerprint density at radius 1 is 1.33 bits per heavy atom. The summed E-state index contributed by atoms with van der Waals surface area (Å²) < 4.78 is 0. The molecule has 1 heterocycles. The van der Waals surface area contributed by atoms with Gasteiger partial charge in [-0.1, -0.05) is 18.1 Å². The van der Waals surface area contributed by atoms with Gasteiger partial charge in [-0.05, 0) is 12.1 Å². The van der Waals surface area contributed by atoms with E-state index in [4.69, 9.17) is 6.42 Å². The van der Waals surface area contributed by atoms with Crippen molar-refractivity contribution in [1.29, 1.82) is 0 Å². The summed E-state index contributed by atoms with van der Waals surface area (Å²) in [6.07, 6.45) is 5.01. The van der Waals surface area contributed by atoms with Crippen LogP contribution < -0.4 is 10.2 Å². The predicted octanol–water partition coefficient (Wildman–Crippen LogP) is -0.0347. The fourth-order valence-electron chi connectivity index (χ4n) is 1.75. The molecule has 0 unspecified atom stereocenters. The molecule has 2 rings (SSSR count). The average molecular weight is 242 g/mol. The molecule has 0 aliphatic carbocycles. The van der Waals surface area contributed by atoms with E-state index in [9.17, 15) is 14.4 Å². The minimum atomic E-state index is -0.688. The van der Waals surface area contributed by atoms with Gasteiger partial charge in [-0.15, -0.1) is 6.42 Å². The van der Waals surface area contributed by atoms with E-state index in [-0.39, 0.29) is 13.1 Å². The molecule has 1 aromatic carbocycles. The lowest BCUT2D eigenvalue weighted by atomic mass is 10.1. The van der Waals surface area contributed by atoms with Gasteiger partial charge < -0.3 is 5.32 Å². The minimum Gasteiger partial charge on any atom is -0.344 e. The van der Waals surface area contributed by atoms with Gasteiger partial charge in [0.15, 0.2) is 0 Å². The summed E-state index contributed by atoms with van der Waals surface area (Å²) in [5.41, 5.74) is 0.788. The van der Waals surface area contributed by atoms with Crippen LogP contribution in [0, 0.1) is 12.3 Å². The maximum Gasteiger partial charge on any atom is 0.299 e. The number of carbonyl (C=O) groups is 3. The third-order valence-corrected chi connectivity index (χ3v) is 2.57. The molecule has 90 valence electrons. The maximum atomic E-state index is 11.7. The van der Waals surface area contributed by atoms with Gasteiger partial charge in [-0.25, -0.2) is 0 Å². The first-order chi connectivity index (χ1) is 8.65. The van der Waals surface area contributed by atoms with E-state index in [1.54, 1.807) is 24.3 Å². The predicted molar refractivity (Wildman–Crippen MR) is 65.0 cm³/mol. The number of nitrogens with zero attached hydrogens (tertiary/aromatic N) is 1. The van der Waals surface area contributed by atoms with Gasteiger partial charge in [-0.2, -0.15) is 0 Å². The van der Waals surface area contributed by atoms with Crippen LogP contribution in [0.4, 0.5) is 5.69 Å². The van der Waals surface area contributed by atoms with Crippen LogP contribution in [0.25, 0.3) is 0 Å². The Labute approximate surface area is 104 Å². The van der Waals surface area contributed by atoms with E-state index in [2.05, 4.69) is 11.2 Å². The molecule has 2 amide bonds. The van der Waals surface area contributed by atoms with Crippen LogP contribution in [0.2, 0.25) is 0 Å². The van der Waals surface area contributed by atoms with E-state index in [0.29, 0.717) is 11.3 Å². The van der Waals surface area contributed by atoms with Gasteiger partial charge in [0.2, 0.25) is 5.91 Å². The van der Waals surface area contributed by atoms with Crippen molar-refractivity contribution in [1.82, 2.24) is 5.32 Å². The Balaban J connectivity index is 2.20. The number of amides is 2. The Morgan fingerprint density at radius 2 is 2.06 bits per heavy atom. The third kappa shape index (κ3) is 1.96. The zero-order valence-corrected chi connectivity index (χ0v) is 9.47. The molecular formula is C13H10N2O3. The number of para-hydroxylation sites is 1. The largest absolute Gasteiger partial charge is 0.344 e. The highest BCUT2D eigenvalue weighted by Gasteiger charge is 2.36. The highest BCUT2D eigenvalue weighted by molar-refractivity contribution is 6.52. The Bertz CT molecular complexity index is 572. The molecule has 0 radical (unpaired) electrons. The summed E-state index contributed by atoms with van der Waals surface area (Å²) >= 11 is 0. The molecule has 0 saturated carbocycles. The van der Waals surface area contributed by atoms with Crippen LogP contribution in [0.3, 0.4) is 0 Å². The van der Waals surface area contributed by atoms with E-state index < -0.39 is 17.6 Å². The topological polar surface area (TPSA) is 66.5 Å². The first kappa shape index (κ1) is 11.9. The fourth-order valence-corrected chi connectivity index (χ4v) is 1.75. The van der Waals surface area contributed by atoms with E-state index >= 15 is 0 Å². The van der Waals surface area contributed by atoms with Crippen LogP contribution >= 0.6 is 0 Å². The SMILES string of the molecule is C#CCNC(=O)CN1C(=O)C(=O)c2ccccc21. The summed E-state index contributed by atoms with van der Waals surface area (Å²) in [4.78, 5) is 36.0. The Kier molecular flexibility index (Phi) is 3.11.